The standard InChI is InChI=1S/C13H12ClN3O3/c1-8(15)12-5-3-10(7-16-12)20-13-6-9(17(18)19)2-4-11(13)14/h2-8H,15H2,1H3. The topological polar surface area (TPSA) is 91.3 Å². The van der Waals surface area contributed by atoms with Crippen LogP contribution in [0.1, 0.15) is 18.7 Å². The summed E-state index contributed by atoms with van der Waals surface area (Å²) in [6.45, 7) is 1.82. The number of hydrogen-bond acceptors (Lipinski definition) is 5. The third kappa shape index (κ3) is 3.23. The number of nitro benzene ring substituents is 1. The summed E-state index contributed by atoms with van der Waals surface area (Å²) in [5, 5.41) is 11.0. The third-order valence-corrected chi connectivity index (χ3v) is 2.89. The SMILES string of the molecule is CC(N)c1ccc(Oc2cc([N+](=O)[O-])ccc2Cl)cn1. The number of nitrogens with two attached hydrogens (primary N) is 1. The minimum atomic E-state index is -0.513. The summed E-state index contributed by atoms with van der Waals surface area (Å²) in [7, 11) is 0. The molecule has 0 spiro atoms. The van der Waals surface area contributed by atoms with E-state index < -0.39 is 4.92 Å². The van der Waals surface area contributed by atoms with Gasteiger partial charge in [-0.05, 0) is 25.1 Å². The van der Waals surface area contributed by atoms with Crippen LogP contribution in [0, 0.1) is 10.1 Å². The predicted octanol–water partition coefficient (Wildman–Crippen LogP) is 3.46. The van der Waals surface area contributed by atoms with Crippen LogP contribution in [0.25, 0.3) is 0 Å². The highest BCUT2D eigenvalue weighted by Gasteiger charge is 2.12. The molecule has 1 unspecified atom stereocenters. The van der Waals surface area contributed by atoms with Gasteiger partial charge in [-0.25, -0.2) is 0 Å². The molecule has 0 amide bonds. The van der Waals surface area contributed by atoms with Crippen LogP contribution in [-0.2, 0) is 0 Å². The average Bonchev–Trinajstić information content (AvgIpc) is 2.41. The van der Waals surface area contributed by atoms with Gasteiger partial charge in [0.05, 0.1) is 27.9 Å². The Bertz CT molecular complexity index is 629. The van der Waals surface area contributed by atoms with Crippen molar-refractivity contribution >= 4 is 17.3 Å². The molecule has 0 aliphatic heterocycles. The van der Waals surface area contributed by atoms with Crippen molar-refractivity contribution < 1.29 is 9.66 Å². The van der Waals surface area contributed by atoms with E-state index in [0.29, 0.717) is 5.75 Å². The van der Waals surface area contributed by atoms with Gasteiger partial charge >= 0.3 is 0 Å². The van der Waals surface area contributed by atoms with E-state index in [9.17, 15) is 10.1 Å². The first kappa shape index (κ1) is 14.2. The molecular formula is C13H12ClN3O3. The van der Waals surface area contributed by atoms with Gasteiger partial charge in [-0.2, -0.15) is 0 Å². The van der Waals surface area contributed by atoms with Crippen LogP contribution in [0.5, 0.6) is 11.5 Å². The van der Waals surface area contributed by atoms with Crippen molar-refractivity contribution in [1.29, 1.82) is 0 Å². The van der Waals surface area contributed by atoms with E-state index in [1.165, 1.54) is 24.4 Å². The van der Waals surface area contributed by atoms with Gasteiger partial charge in [0.15, 0.2) is 5.75 Å². The van der Waals surface area contributed by atoms with Crippen LogP contribution in [0.4, 0.5) is 5.69 Å². The largest absolute Gasteiger partial charge is 0.454 e. The number of halogens is 1. The molecule has 0 saturated carbocycles. The summed E-state index contributed by atoms with van der Waals surface area (Å²) >= 11 is 5.94. The molecule has 1 heterocycles. The van der Waals surface area contributed by atoms with Gasteiger partial charge in [-0.15, -0.1) is 0 Å². The van der Waals surface area contributed by atoms with E-state index in [1.54, 1.807) is 12.1 Å². The maximum atomic E-state index is 10.7. The Labute approximate surface area is 120 Å². The quantitative estimate of drug-likeness (QED) is 0.688. The lowest BCUT2D eigenvalue weighted by atomic mass is 10.2. The number of nitrogens with zero attached hydrogens (tertiary/aromatic N) is 2. The molecule has 0 radical (unpaired) electrons. The minimum Gasteiger partial charge on any atom is -0.454 e. The van der Waals surface area contributed by atoms with Crippen LogP contribution in [-0.4, -0.2) is 9.91 Å². The van der Waals surface area contributed by atoms with E-state index >= 15 is 0 Å². The Morgan fingerprint density at radius 3 is 2.70 bits per heavy atom. The third-order valence-electron chi connectivity index (χ3n) is 2.58. The maximum Gasteiger partial charge on any atom is 0.273 e. The minimum absolute atomic E-state index is 0.0930. The smallest absolute Gasteiger partial charge is 0.273 e. The van der Waals surface area contributed by atoms with Crippen molar-refractivity contribution in [2.45, 2.75) is 13.0 Å². The number of non-ortho nitro benzene ring substituents is 1. The van der Waals surface area contributed by atoms with Crippen LogP contribution in [0.2, 0.25) is 5.02 Å². The van der Waals surface area contributed by atoms with Crippen molar-refractivity contribution in [3.05, 3.63) is 57.4 Å². The van der Waals surface area contributed by atoms with Gasteiger partial charge in [0.2, 0.25) is 0 Å². The summed E-state index contributed by atoms with van der Waals surface area (Å²) in [6.07, 6.45) is 1.49. The molecule has 0 bridgehead atoms. The second-order valence-electron chi connectivity index (χ2n) is 4.18. The highest BCUT2D eigenvalue weighted by atomic mass is 35.5. The molecular weight excluding hydrogens is 282 g/mol. The monoisotopic (exact) mass is 293 g/mol. The molecule has 0 aliphatic carbocycles. The van der Waals surface area contributed by atoms with Crippen LogP contribution >= 0.6 is 11.6 Å². The van der Waals surface area contributed by atoms with Crippen molar-refractivity contribution in [3.63, 3.8) is 0 Å². The van der Waals surface area contributed by atoms with E-state index in [-0.39, 0.29) is 22.5 Å². The molecule has 0 fully saturated rings. The highest BCUT2D eigenvalue weighted by Crippen LogP contribution is 2.32. The Hall–Kier alpha value is -2.18. The zero-order valence-electron chi connectivity index (χ0n) is 10.6. The molecule has 1 aromatic carbocycles. The molecule has 0 aliphatic rings. The molecule has 2 rings (SSSR count). The summed E-state index contributed by atoms with van der Waals surface area (Å²) in [4.78, 5) is 14.3. The zero-order valence-corrected chi connectivity index (χ0v) is 11.4. The molecule has 2 N–H and O–H groups in total. The van der Waals surface area contributed by atoms with Crippen LogP contribution in [0.15, 0.2) is 36.5 Å². The van der Waals surface area contributed by atoms with E-state index in [0.717, 1.165) is 5.69 Å². The number of benzene rings is 1. The predicted molar refractivity (Wildman–Crippen MR) is 75.0 cm³/mol. The van der Waals surface area contributed by atoms with E-state index in [4.69, 9.17) is 22.1 Å². The van der Waals surface area contributed by atoms with Crippen molar-refractivity contribution in [2.24, 2.45) is 5.73 Å². The molecule has 0 saturated heterocycles. The molecule has 1 aromatic heterocycles. The van der Waals surface area contributed by atoms with Gasteiger partial charge in [-0.1, -0.05) is 11.6 Å². The average molecular weight is 294 g/mol. The Morgan fingerprint density at radius 2 is 2.15 bits per heavy atom. The van der Waals surface area contributed by atoms with Crippen LogP contribution in [0.3, 0.4) is 0 Å². The van der Waals surface area contributed by atoms with E-state index in [1.807, 2.05) is 6.92 Å². The second-order valence-corrected chi connectivity index (χ2v) is 4.59. The lowest BCUT2D eigenvalue weighted by Gasteiger charge is -2.09. The first-order chi connectivity index (χ1) is 9.47. The maximum absolute atomic E-state index is 10.7. The number of hydrogen-bond donors (Lipinski definition) is 1. The van der Waals surface area contributed by atoms with Gasteiger partial charge in [0.1, 0.15) is 5.75 Å². The molecule has 2 aromatic rings. The fourth-order valence-electron chi connectivity index (χ4n) is 1.53. The molecule has 20 heavy (non-hydrogen) atoms. The zero-order chi connectivity index (χ0) is 14.7. The van der Waals surface area contributed by atoms with Gasteiger partial charge in [0, 0.05) is 12.1 Å². The molecule has 7 heteroatoms. The number of nitro groups is 1. The van der Waals surface area contributed by atoms with Crippen molar-refractivity contribution in [2.75, 3.05) is 0 Å². The first-order valence-electron chi connectivity index (χ1n) is 5.80. The highest BCUT2D eigenvalue weighted by molar-refractivity contribution is 6.32. The summed E-state index contributed by atoms with van der Waals surface area (Å²) < 4.78 is 5.49. The number of rotatable bonds is 4. The normalized spacial score (nSPS) is 11.9. The molecule has 6 nitrogen and oxygen atoms in total. The summed E-state index contributed by atoms with van der Waals surface area (Å²) in [5.41, 5.74) is 6.33. The first-order valence-corrected chi connectivity index (χ1v) is 6.18. The Kier molecular flexibility index (Phi) is 4.16. The summed E-state index contributed by atoms with van der Waals surface area (Å²) in [6, 6.07) is 7.23. The van der Waals surface area contributed by atoms with Gasteiger partial charge < -0.3 is 10.5 Å². The molecule has 1 atom stereocenters. The summed E-state index contributed by atoms with van der Waals surface area (Å²) in [5.74, 6) is 0.632. The molecule has 104 valence electrons. The van der Waals surface area contributed by atoms with Crippen molar-refractivity contribution in [3.8, 4) is 11.5 Å². The fraction of sp³-hybridized carbons (Fsp3) is 0.154. The Morgan fingerprint density at radius 1 is 1.40 bits per heavy atom. The van der Waals surface area contributed by atoms with Gasteiger partial charge in [-0.3, -0.25) is 15.1 Å². The Balaban J connectivity index is 2.25. The van der Waals surface area contributed by atoms with Crippen molar-refractivity contribution in [1.82, 2.24) is 4.98 Å². The van der Waals surface area contributed by atoms with Gasteiger partial charge in [0.25, 0.3) is 5.69 Å². The number of ether oxygens (including phenoxy) is 1. The van der Waals surface area contributed by atoms with E-state index in [2.05, 4.69) is 4.98 Å². The second kappa shape index (κ2) is 5.85. The number of aromatic nitrogens is 1. The lowest BCUT2D eigenvalue weighted by Crippen LogP contribution is -2.06. The fourth-order valence-corrected chi connectivity index (χ4v) is 1.69. The number of pyridine rings is 1. The van der Waals surface area contributed by atoms with Crippen LogP contribution < -0.4 is 10.5 Å². The lowest BCUT2D eigenvalue weighted by molar-refractivity contribution is -0.384.